The van der Waals surface area contributed by atoms with Crippen molar-refractivity contribution in [2.24, 2.45) is 5.41 Å². The summed E-state index contributed by atoms with van der Waals surface area (Å²) in [7, 11) is 0. The third kappa shape index (κ3) is 7.70. The number of aliphatic hydroxyl groups excluding tert-OH is 1. The van der Waals surface area contributed by atoms with E-state index in [4.69, 9.17) is 9.84 Å². The lowest BCUT2D eigenvalue weighted by Crippen LogP contribution is -2.19. The molecule has 0 aliphatic heterocycles. The van der Waals surface area contributed by atoms with E-state index in [0.29, 0.717) is 0 Å². The molecular weight excluding hydrogens is 312 g/mol. The van der Waals surface area contributed by atoms with Gasteiger partial charge >= 0.3 is 5.97 Å². The molecule has 0 spiro atoms. The fourth-order valence-electron chi connectivity index (χ4n) is 3.01. The van der Waals surface area contributed by atoms with Gasteiger partial charge in [0.1, 0.15) is 13.2 Å². The van der Waals surface area contributed by atoms with Crippen LogP contribution in [0.4, 0.5) is 0 Å². The van der Waals surface area contributed by atoms with Crippen LogP contribution in [0, 0.1) is 5.41 Å². The van der Waals surface area contributed by atoms with Crippen LogP contribution in [-0.4, -0.2) is 24.3 Å². The standard InChI is InChI=1S/C22H32O3/c1-17(8-6-9-18(2)13-15-25-21(24)16-23)11-12-20-19(3)10-7-14-22(20,4)5/h6,8-9,11-13,23H,7,10,14-16H2,1-5H3/b9-6+,12-11+,17-8+,18-13+. The minimum atomic E-state index is -0.607. The van der Waals surface area contributed by atoms with Gasteiger partial charge in [-0.15, -0.1) is 0 Å². The molecule has 0 aromatic carbocycles. The molecule has 0 bridgehead atoms. The number of hydrogen-bond acceptors (Lipinski definition) is 3. The Morgan fingerprint density at radius 3 is 2.60 bits per heavy atom. The number of allylic oxidation sites excluding steroid dienone is 9. The summed E-state index contributed by atoms with van der Waals surface area (Å²) in [6.45, 7) is 10.5. The highest BCUT2D eigenvalue weighted by molar-refractivity contribution is 5.70. The number of rotatable bonds is 7. The van der Waals surface area contributed by atoms with Crippen molar-refractivity contribution in [2.45, 2.75) is 53.9 Å². The van der Waals surface area contributed by atoms with E-state index in [-0.39, 0.29) is 12.0 Å². The first kappa shape index (κ1) is 21.2. The molecule has 25 heavy (non-hydrogen) atoms. The first-order chi connectivity index (χ1) is 11.8. The van der Waals surface area contributed by atoms with Gasteiger partial charge in [-0.1, -0.05) is 60.9 Å². The molecule has 0 atom stereocenters. The molecule has 1 N–H and O–H groups in total. The van der Waals surface area contributed by atoms with Crippen molar-refractivity contribution < 1.29 is 14.6 Å². The third-order valence-electron chi connectivity index (χ3n) is 4.55. The summed E-state index contributed by atoms with van der Waals surface area (Å²) in [5.74, 6) is -0.607. The second kappa shape index (κ2) is 10.2. The molecule has 0 aromatic heterocycles. The molecule has 0 radical (unpaired) electrons. The topological polar surface area (TPSA) is 46.5 Å². The second-order valence-electron chi connectivity index (χ2n) is 7.32. The van der Waals surface area contributed by atoms with Gasteiger partial charge < -0.3 is 9.84 Å². The highest BCUT2D eigenvalue weighted by atomic mass is 16.5. The van der Waals surface area contributed by atoms with E-state index < -0.39 is 12.6 Å². The zero-order valence-corrected chi connectivity index (χ0v) is 16.3. The van der Waals surface area contributed by atoms with E-state index in [9.17, 15) is 4.79 Å². The lowest BCUT2D eigenvalue weighted by molar-refractivity contribution is -0.145. The van der Waals surface area contributed by atoms with Crippen molar-refractivity contribution >= 4 is 5.97 Å². The average Bonchev–Trinajstić information content (AvgIpc) is 2.53. The number of carbonyl (C=O) groups is 1. The highest BCUT2D eigenvalue weighted by Crippen LogP contribution is 2.40. The third-order valence-corrected chi connectivity index (χ3v) is 4.55. The summed E-state index contributed by atoms with van der Waals surface area (Å²) < 4.78 is 4.79. The molecule has 1 aliphatic carbocycles. The van der Waals surface area contributed by atoms with Crippen molar-refractivity contribution in [1.29, 1.82) is 0 Å². The van der Waals surface area contributed by atoms with Crippen molar-refractivity contribution in [3.05, 3.63) is 58.7 Å². The summed E-state index contributed by atoms with van der Waals surface area (Å²) in [4.78, 5) is 10.8. The largest absolute Gasteiger partial charge is 0.460 e. The number of esters is 1. The van der Waals surface area contributed by atoms with Crippen LogP contribution in [0.2, 0.25) is 0 Å². The van der Waals surface area contributed by atoms with Crippen molar-refractivity contribution in [2.75, 3.05) is 13.2 Å². The van der Waals surface area contributed by atoms with Crippen molar-refractivity contribution in [1.82, 2.24) is 0 Å². The van der Waals surface area contributed by atoms with Gasteiger partial charge in [0.2, 0.25) is 0 Å². The van der Waals surface area contributed by atoms with Crippen LogP contribution in [0.15, 0.2) is 58.7 Å². The maximum Gasteiger partial charge on any atom is 0.332 e. The Hall–Kier alpha value is -1.87. The van der Waals surface area contributed by atoms with Gasteiger partial charge in [0.25, 0.3) is 0 Å². The van der Waals surface area contributed by atoms with Gasteiger partial charge in [0.15, 0.2) is 0 Å². The molecule has 0 saturated heterocycles. The smallest absolute Gasteiger partial charge is 0.332 e. The zero-order valence-electron chi connectivity index (χ0n) is 16.3. The molecule has 3 nitrogen and oxygen atoms in total. The molecular formula is C22H32O3. The predicted octanol–water partition coefficient (Wildman–Crippen LogP) is 5.05. The summed E-state index contributed by atoms with van der Waals surface area (Å²) in [5, 5.41) is 8.57. The minimum absolute atomic E-state index is 0.181. The van der Waals surface area contributed by atoms with E-state index in [2.05, 4.69) is 45.9 Å². The van der Waals surface area contributed by atoms with Crippen LogP contribution in [0.25, 0.3) is 0 Å². The van der Waals surface area contributed by atoms with E-state index in [1.807, 2.05) is 25.2 Å². The van der Waals surface area contributed by atoms with Crippen LogP contribution < -0.4 is 0 Å². The molecule has 0 saturated carbocycles. The predicted molar refractivity (Wildman–Crippen MR) is 104 cm³/mol. The molecule has 0 aromatic rings. The van der Waals surface area contributed by atoms with E-state index in [1.165, 1.54) is 36.0 Å². The average molecular weight is 344 g/mol. The maximum absolute atomic E-state index is 10.8. The summed E-state index contributed by atoms with van der Waals surface area (Å²) in [5.41, 5.74) is 5.44. The van der Waals surface area contributed by atoms with Crippen LogP contribution >= 0.6 is 0 Å². The molecule has 1 rings (SSSR count). The van der Waals surface area contributed by atoms with E-state index in [1.54, 1.807) is 0 Å². The van der Waals surface area contributed by atoms with Gasteiger partial charge in [-0.05, 0) is 57.1 Å². The Bertz CT molecular complexity index is 613. The van der Waals surface area contributed by atoms with Crippen LogP contribution in [0.5, 0.6) is 0 Å². The fraction of sp³-hybridized carbons (Fsp3) is 0.500. The Labute approximate surface area is 152 Å². The summed E-state index contributed by atoms with van der Waals surface area (Å²) in [6, 6.07) is 0. The number of aliphatic hydroxyl groups is 1. The van der Waals surface area contributed by atoms with E-state index in [0.717, 1.165) is 5.57 Å². The fourth-order valence-corrected chi connectivity index (χ4v) is 3.01. The first-order valence-corrected chi connectivity index (χ1v) is 8.93. The summed E-state index contributed by atoms with van der Waals surface area (Å²) >= 11 is 0. The Morgan fingerprint density at radius 1 is 1.24 bits per heavy atom. The molecule has 138 valence electrons. The van der Waals surface area contributed by atoms with Gasteiger partial charge in [0, 0.05) is 0 Å². The lowest BCUT2D eigenvalue weighted by Gasteiger charge is -2.32. The zero-order chi connectivity index (χ0) is 18.9. The number of hydrogen-bond donors (Lipinski definition) is 1. The van der Waals surface area contributed by atoms with Crippen molar-refractivity contribution in [3.63, 3.8) is 0 Å². The summed E-state index contributed by atoms with van der Waals surface area (Å²) in [6.07, 6.45) is 16.0. The SMILES string of the molecule is CC1=C(/C=C/C(C)=C/C=C/C(C)=C/COC(=O)CO)C(C)(C)CCC1. The molecule has 0 fully saturated rings. The van der Waals surface area contributed by atoms with E-state index >= 15 is 0 Å². The Morgan fingerprint density at radius 2 is 1.96 bits per heavy atom. The van der Waals surface area contributed by atoms with Crippen molar-refractivity contribution in [3.8, 4) is 0 Å². The monoisotopic (exact) mass is 344 g/mol. The van der Waals surface area contributed by atoms with Crippen LogP contribution in [-0.2, 0) is 9.53 Å². The molecule has 1 aliphatic rings. The van der Waals surface area contributed by atoms with Crippen LogP contribution in [0.1, 0.15) is 53.9 Å². The quantitative estimate of drug-likeness (QED) is 0.519. The minimum Gasteiger partial charge on any atom is -0.460 e. The van der Waals surface area contributed by atoms with Gasteiger partial charge in [0.05, 0.1) is 0 Å². The van der Waals surface area contributed by atoms with Gasteiger partial charge in [-0.3, -0.25) is 0 Å². The second-order valence-corrected chi connectivity index (χ2v) is 7.32. The molecule has 3 heteroatoms. The first-order valence-electron chi connectivity index (χ1n) is 8.93. The maximum atomic E-state index is 10.8. The van der Waals surface area contributed by atoms with Gasteiger partial charge in [-0.2, -0.15) is 0 Å². The number of ether oxygens (including phenoxy) is 1. The Kier molecular flexibility index (Phi) is 8.64. The lowest BCUT2D eigenvalue weighted by atomic mass is 9.72. The number of carbonyl (C=O) groups excluding carboxylic acids is 1. The Balaban J connectivity index is 2.63. The normalized spacial score (nSPS) is 19.1. The molecule has 0 heterocycles. The molecule has 0 amide bonds. The van der Waals surface area contributed by atoms with Gasteiger partial charge in [-0.25, -0.2) is 4.79 Å². The molecule has 0 unspecified atom stereocenters. The van der Waals surface area contributed by atoms with Crippen LogP contribution in [0.3, 0.4) is 0 Å². The highest BCUT2D eigenvalue weighted by Gasteiger charge is 2.26.